The second kappa shape index (κ2) is 8.05. The second-order valence-electron chi connectivity index (χ2n) is 2.78. The molecule has 0 saturated heterocycles. The Bertz CT molecular complexity index is 168. The van der Waals surface area contributed by atoms with Crippen molar-refractivity contribution in [2.24, 2.45) is 0 Å². The minimum absolute atomic E-state index is 0.121. The average Bonchev–Trinajstić information content (AvgIpc) is 2.12. The van der Waals surface area contributed by atoms with E-state index in [1.807, 2.05) is 0 Å². The van der Waals surface area contributed by atoms with Gasteiger partial charge in [-0.15, -0.1) is 11.6 Å². The van der Waals surface area contributed by atoms with Crippen molar-refractivity contribution in [1.29, 1.82) is 0 Å². The van der Waals surface area contributed by atoms with Crippen molar-refractivity contribution in [2.45, 2.75) is 32.6 Å². The maximum Gasteiger partial charge on any atom is 0.313 e. The SMILES string of the molecule is CCCCCOC(=O)CC(=O)CCl. The highest BCUT2D eigenvalue weighted by Crippen LogP contribution is 1.96. The molecule has 3 nitrogen and oxygen atoms in total. The lowest BCUT2D eigenvalue weighted by atomic mass is 10.3. The highest BCUT2D eigenvalue weighted by atomic mass is 35.5. The first kappa shape index (κ1) is 12.4. The monoisotopic (exact) mass is 206 g/mol. The Balaban J connectivity index is 3.35. The number of carbonyl (C=O) groups is 2. The largest absolute Gasteiger partial charge is 0.465 e. The molecule has 0 bridgehead atoms. The molecule has 0 heterocycles. The molecular weight excluding hydrogens is 192 g/mol. The van der Waals surface area contributed by atoms with E-state index in [0.29, 0.717) is 6.61 Å². The highest BCUT2D eigenvalue weighted by Gasteiger charge is 2.08. The van der Waals surface area contributed by atoms with Crippen molar-refractivity contribution in [3.63, 3.8) is 0 Å². The topological polar surface area (TPSA) is 43.4 Å². The molecular formula is C9H15ClO3. The summed E-state index contributed by atoms with van der Waals surface area (Å²) in [6.45, 7) is 2.47. The fourth-order valence-corrected chi connectivity index (χ4v) is 0.892. The minimum atomic E-state index is -0.471. The zero-order valence-electron chi connectivity index (χ0n) is 7.85. The Morgan fingerprint density at radius 1 is 1.31 bits per heavy atom. The summed E-state index contributed by atoms with van der Waals surface area (Å²) in [6, 6.07) is 0. The molecule has 0 aliphatic rings. The van der Waals surface area contributed by atoms with Crippen molar-refractivity contribution in [3.8, 4) is 0 Å². The average molecular weight is 207 g/mol. The van der Waals surface area contributed by atoms with Crippen molar-refractivity contribution < 1.29 is 14.3 Å². The molecule has 0 saturated carbocycles. The van der Waals surface area contributed by atoms with E-state index in [9.17, 15) is 9.59 Å². The Morgan fingerprint density at radius 2 is 2.00 bits per heavy atom. The first-order valence-corrected chi connectivity index (χ1v) is 4.97. The summed E-state index contributed by atoms with van der Waals surface area (Å²) < 4.78 is 4.80. The maximum absolute atomic E-state index is 10.9. The van der Waals surface area contributed by atoms with Gasteiger partial charge in [0, 0.05) is 0 Å². The fraction of sp³-hybridized carbons (Fsp3) is 0.778. The number of halogens is 1. The zero-order valence-corrected chi connectivity index (χ0v) is 8.60. The zero-order chi connectivity index (χ0) is 10.1. The summed E-state index contributed by atoms with van der Waals surface area (Å²) in [4.78, 5) is 21.6. The molecule has 0 aromatic rings. The summed E-state index contributed by atoms with van der Waals surface area (Å²) in [5.41, 5.74) is 0. The number of rotatable bonds is 7. The summed E-state index contributed by atoms with van der Waals surface area (Å²) in [6.07, 6.45) is 2.78. The van der Waals surface area contributed by atoms with Crippen LogP contribution >= 0.6 is 11.6 Å². The van der Waals surface area contributed by atoms with Crippen molar-refractivity contribution in [1.82, 2.24) is 0 Å². The van der Waals surface area contributed by atoms with Crippen LogP contribution in [0.4, 0.5) is 0 Å². The van der Waals surface area contributed by atoms with Crippen LogP contribution in [0.2, 0.25) is 0 Å². The van der Waals surface area contributed by atoms with Crippen LogP contribution in [-0.4, -0.2) is 24.2 Å². The molecule has 4 heteroatoms. The molecule has 0 radical (unpaired) electrons. The number of Topliss-reactive ketones (excluding diaryl/α,β-unsaturated/α-hetero) is 1. The van der Waals surface area contributed by atoms with Crippen LogP contribution in [0.3, 0.4) is 0 Å². The molecule has 0 aliphatic heterocycles. The van der Waals surface area contributed by atoms with Crippen LogP contribution in [0.1, 0.15) is 32.6 Å². The van der Waals surface area contributed by atoms with Gasteiger partial charge >= 0.3 is 5.97 Å². The van der Waals surface area contributed by atoms with Gasteiger partial charge in [0.05, 0.1) is 12.5 Å². The molecule has 76 valence electrons. The van der Waals surface area contributed by atoms with Gasteiger partial charge in [0.25, 0.3) is 0 Å². The van der Waals surface area contributed by atoms with Gasteiger partial charge in [-0.05, 0) is 6.42 Å². The van der Waals surface area contributed by atoms with Gasteiger partial charge in [0.2, 0.25) is 0 Å². The molecule has 0 aromatic heterocycles. The highest BCUT2D eigenvalue weighted by molar-refractivity contribution is 6.28. The van der Waals surface area contributed by atoms with Crippen molar-refractivity contribution >= 4 is 23.4 Å². The first-order chi connectivity index (χ1) is 6.20. The third-order valence-electron chi connectivity index (χ3n) is 1.50. The van der Waals surface area contributed by atoms with E-state index < -0.39 is 5.97 Å². The number of ether oxygens (including phenoxy) is 1. The van der Waals surface area contributed by atoms with E-state index in [1.54, 1.807) is 0 Å². The standard InChI is InChI=1S/C9H15ClO3/c1-2-3-4-5-13-9(12)6-8(11)7-10/h2-7H2,1H3. The molecule has 0 amide bonds. The molecule has 0 unspecified atom stereocenters. The summed E-state index contributed by atoms with van der Waals surface area (Å²) >= 11 is 5.22. The molecule has 0 fully saturated rings. The van der Waals surface area contributed by atoms with Gasteiger partial charge in [-0.1, -0.05) is 19.8 Å². The molecule has 0 aliphatic carbocycles. The lowest BCUT2D eigenvalue weighted by molar-refractivity contribution is -0.145. The Hall–Kier alpha value is -0.570. The van der Waals surface area contributed by atoms with Gasteiger partial charge < -0.3 is 4.74 Å². The Kier molecular flexibility index (Phi) is 7.69. The molecule has 0 aromatic carbocycles. The minimum Gasteiger partial charge on any atom is -0.465 e. The van der Waals surface area contributed by atoms with Crippen molar-refractivity contribution in [3.05, 3.63) is 0 Å². The van der Waals surface area contributed by atoms with Gasteiger partial charge in [0.15, 0.2) is 5.78 Å². The number of carbonyl (C=O) groups excluding carboxylic acids is 2. The van der Waals surface area contributed by atoms with E-state index in [-0.39, 0.29) is 18.1 Å². The van der Waals surface area contributed by atoms with Gasteiger partial charge in [-0.25, -0.2) is 0 Å². The molecule has 0 spiro atoms. The number of esters is 1. The fourth-order valence-electron chi connectivity index (χ4n) is 0.797. The van der Waals surface area contributed by atoms with Crippen LogP contribution in [0, 0.1) is 0 Å². The lowest BCUT2D eigenvalue weighted by Gasteiger charge is -2.02. The molecule has 0 atom stereocenters. The normalized spacial score (nSPS) is 9.69. The van der Waals surface area contributed by atoms with E-state index in [0.717, 1.165) is 19.3 Å². The Labute approximate surface area is 83.4 Å². The van der Waals surface area contributed by atoms with Crippen LogP contribution < -0.4 is 0 Å². The van der Waals surface area contributed by atoms with Gasteiger partial charge in [-0.3, -0.25) is 9.59 Å². The van der Waals surface area contributed by atoms with E-state index in [1.165, 1.54) is 0 Å². The number of alkyl halides is 1. The lowest BCUT2D eigenvalue weighted by Crippen LogP contribution is -2.12. The number of unbranched alkanes of at least 4 members (excludes halogenated alkanes) is 2. The predicted octanol–water partition coefficient (Wildman–Crippen LogP) is 1.92. The second-order valence-corrected chi connectivity index (χ2v) is 3.04. The van der Waals surface area contributed by atoms with E-state index >= 15 is 0 Å². The van der Waals surface area contributed by atoms with Crippen LogP contribution in [-0.2, 0) is 14.3 Å². The van der Waals surface area contributed by atoms with Crippen LogP contribution in [0.25, 0.3) is 0 Å². The maximum atomic E-state index is 10.9. The van der Waals surface area contributed by atoms with E-state index in [2.05, 4.69) is 6.92 Å². The van der Waals surface area contributed by atoms with Crippen LogP contribution in [0.5, 0.6) is 0 Å². The predicted molar refractivity (Wildman–Crippen MR) is 50.8 cm³/mol. The van der Waals surface area contributed by atoms with Gasteiger partial charge in [0.1, 0.15) is 6.42 Å². The third kappa shape index (κ3) is 7.78. The summed E-state index contributed by atoms with van der Waals surface area (Å²) in [5.74, 6) is -0.881. The summed E-state index contributed by atoms with van der Waals surface area (Å²) in [7, 11) is 0. The molecule has 0 rings (SSSR count). The smallest absolute Gasteiger partial charge is 0.313 e. The van der Waals surface area contributed by atoms with Gasteiger partial charge in [-0.2, -0.15) is 0 Å². The van der Waals surface area contributed by atoms with E-state index in [4.69, 9.17) is 16.3 Å². The quantitative estimate of drug-likeness (QED) is 0.277. The molecule has 0 N–H and O–H groups in total. The first-order valence-electron chi connectivity index (χ1n) is 4.44. The summed E-state index contributed by atoms with van der Waals surface area (Å²) in [5, 5.41) is 0. The number of hydrogen-bond donors (Lipinski definition) is 0. The molecule has 13 heavy (non-hydrogen) atoms. The number of ketones is 1. The van der Waals surface area contributed by atoms with Crippen molar-refractivity contribution in [2.75, 3.05) is 12.5 Å². The number of hydrogen-bond acceptors (Lipinski definition) is 3. The third-order valence-corrected chi connectivity index (χ3v) is 1.80. The van der Waals surface area contributed by atoms with Crippen LogP contribution in [0.15, 0.2) is 0 Å². The Morgan fingerprint density at radius 3 is 2.54 bits per heavy atom.